The third-order valence-corrected chi connectivity index (χ3v) is 5.57. The van der Waals surface area contributed by atoms with Gasteiger partial charge in [-0.2, -0.15) is 11.8 Å². The standard InChI is InChI=1S/C14H16N4O2S2/c15-22(19,20)12-8-16-14(17-9-12)18-6-7-21-13(10-18)11-4-2-1-3-5-11/h1-5,8-9,13H,6-7,10H2,(H2,15,19,20). The summed E-state index contributed by atoms with van der Waals surface area (Å²) in [6.07, 6.45) is 2.52. The molecule has 1 aliphatic rings. The van der Waals surface area contributed by atoms with E-state index in [4.69, 9.17) is 5.14 Å². The van der Waals surface area contributed by atoms with Crippen LogP contribution in [0.3, 0.4) is 0 Å². The molecule has 116 valence electrons. The Morgan fingerprint density at radius 1 is 1.18 bits per heavy atom. The van der Waals surface area contributed by atoms with E-state index in [9.17, 15) is 8.42 Å². The Hall–Kier alpha value is -1.64. The molecular weight excluding hydrogens is 320 g/mol. The first kappa shape index (κ1) is 15.3. The zero-order valence-corrected chi connectivity index (χ0v) is 13.4. The summed E-state index contributed by atoms with van der Waals surface area (Å²) < 4.78 is 22.5. The highest BCUT2D eigenvalue weighted by atomic mass is 32.2. The third kappa shape index (κ3) is 3.40. The Morgan fingerprint density at radius 3 is 2.50 bits per heavy atom. The van der Waals surface area contributed by atoms with E-state index in [0.717, 1.165) is 18.8 Å². The van der Waals surface area contributed by atoms with Gasteiger partial charge in [0.1, 0.15) is 4.90 Å². The van der Waals surface area contributed by atoms with Crippen molar-refractivity contribution in [3.63, 3.8) is 0 Å². The number of hydrogen-bond donors (Lipinski definition) is 1. The van der Waals surface area contributed by atoms with Crippen LogP contribution < -0.4 is 10.0 Å². The molecule has 8 heteroatoms. The van der Waals surface area contributed by atoms with Crippen molar-refractivity contribution in [2.75, 3.05) is 23.7 Å². The van der Waals surface area contributed by atoms with Gasteiger partial charge in [0, 0.05) is 24.1 Å². The number of nitrogens with two attached hydrogens (primary N) is 1. The van der Waals surface area contributed by atoms with E-state index in [1.165, 1.54) is 18.0 Å². The zero-order valence-electron chi connectivity index (χ0n) is 11.8. The highest BCUT2D eigenvalue weighted by Gasteiger charge is 2.23. The molecule has 22 heavy (non-hydrogen) atoms. The summed E-state index contributed by atoms with van der Waals surface area (Å²) >= 11 is 1.91. The number of primary sulfonamides is 1. The van der Waals surface area contributed by atoms with E-state index in [2.05, 4.69) is 27.0 Å². The summed E-state index contributed by atoms with van der Waals surface area (Å²) in [4.78, 5) is 10.3. The van der Waals surface area contributed by atoms with E-state index >= 15 is 0 Å². The van der Waals surface area contributed by atoms with Crippen LogP contribution in [-0.4, -0.2) is 37.2 Å². The smallest absolute Gasteiger partial charge is 0.241 e. The third-order valence-electron chi connectivity index (χ3n) is 3.46. The van der Waals surface area contributed by atoms with Crippen LogP contribution in [0, 0.1) is 0 Å². The molecule has 3 rings (SSSR count). The fourth-order valence-electron chi connectivity index (χ4n) is 2.32. The van der Waals surface area contributed by atoms with Gasteiger partial charge in [0.25, 0.3) is 0 Å². The number of hydrogen-bond acceptors (Lipinski definition) is 6. The van der Waals surface area contributed by atoms with Crippen LogP contribution in [0.25, 0.3) is 0 Å². The van der Waals surface area contributed by atoms with Gasteiger partial charge in [-0.3, -0.25) is 0 Å². The lowest BCUT2D eigenvalue weighted by Gasteiger charge is -2.32. The number of rotatable bonds is 3. The van der Waals surface area contributed by atoms with E-state index in [0.29, 0.717) is 11.2 Å². The maximum atomic E-state index is 11.2. The van der Waals surface area contributed by atoms with Crippen LogP contribution in [0.2, 0.25) is 0 Å². The molecule has 2 aromatic rings. The molecule has 0 saturated carbocycles. The number of anilines is 1. The predicted molar refractivity (Wildman–Crippen MR) is 87.3 cm³/mol. The molecule has 1 aromatic carbocycles. The van der Waals surface area contributed by atoms with Gasteiger partial charge in [-0.15, -0.1) is 0 Å². The van der Waals surface area contributed by atoms with Crippen molar-refractivity contribution in [3.8, 4) is 0 Å². The quantitative estimate of drug-likeness (QED) is 0.912. The average molecular weight is 336 g/mol. The largest absolute Gasteiger partial charge is 0.339 e. The second kappa shape index (κ2) is 6.23. The first-order valence-electron chi connectivity index (χ1n) is 6.80. The van der Waals surface area contributed by atoms with Gasteiger partial charge >= 0.3 is 0 Å². The Balaban J connectivity index is 1.77. The SMILES string of the molecule is NS(=O)(=O)c1cnc(N2CCSC(c3ccccc3)C2)nc1. The number of thioether (sulfide) groups is 1. The lowest BCUT2D eigenvalue weighted by molar-refractivity contribution is 0.596. The second-order valence-corrected chi connectivity index (χ2v) is 7.85. The summed E-state index contributed by atoms with van der Waals surface area (Å²) in [5, 5.41) is 5.42. The molecule has 1 fully saturated rings. The molecule has 6 nitrogen and oxygen atoms in total. The van der Waals surface area contributed by atoms with Crippen molar-refractivity contribution < 1.29 is 8.42 Å². The van der Waals surface area contributed by atoms with E-state index in [1.54, 1.807) is 0 Å². The van der Waals surface area contributed by atoms with Crippen molar-refractivity contribution in [2.45, 2.75) is 10.1 Å². The molecule has 1 aliphatic heterocycles. The summed E-state index contributed by atoms with van der Waals surface area (Å²) in [5.74, 6) is 1.51. The molecule has 0 aliphatic carbocycles. The van der Waals surface area contributed by atoms with Gasteiger partial charge in [-0.1, -0.05) is 30.3 Å². The molecule has 1 aromatic heterocycles. The van der Waals surface area contributed by atoms with Gasteiger partial charge in [-0.05, 0) is 5.56 Å². The van der Waals surface area contributed by atoms with Crippen molar-refractivity contribution in [1.82, 2.24) is 9.97 Å². The average Bonchev–Trinajstić information content (AvgIpc) is 2.55. The number of sulfonamides is 1. The minimum atomic E-state index is -3.75. The normalized spacial score (nSPS) is 19.1. The Labute approximate surface area is 133 Å². The van der Waals surface area contributed by atoms with E-state index in [-0.39, 0.29) is 4.90 Å². The molecule has 1 unspecified atom stereocenters. The summed E-state index contributed by atoms with van der Waals surface area (Å²) in [6.45, 7) is 1.63. The van der Waals surface area contributed by atoms with Crippen molar-refractivity contribution >= 4 is 27.7 Å². The number of nitrogens with zero attached hydrogens (tertiary/aromatic N) is 3. The molecule has 2 N–H and O–H groups in total. The van der Waals surface area contributed by atoms with Crippen LogP contribution in [0.4, 0.5) is 5.95 Å². The summed E-state index contributed by atoms with van der Waals surface area (Å²) in [5.41, 5.74) is 1.28. The van der Waals surface area contributed by atoms with Crippen LogP contribution >= 0.6 is 11.8 Å². The molecule has 0 radical (unpaired) electrons. The van der Waals surface area contributed by atoms with Gasteiger partial charge in [0.05, 0.1) is 12.4 Å². The zero-order chi connectivity index (χ0) is 15.6. The van der Waals surface area contributed by atoms with Gasteiger partial charge < -0.3 is 4.90 Å². The van der Waals surface area contributed by atoms with Crippen LogP contribution in [0.1, 0.15) is 10.8 Å². The lowest BCUT2D eigenvalue weighted by atomic mass is 10.1. The van der Waals surface area contributed by atoms with Gasteiger partial charge in [0.2, 0.25) is 16.0 Å². The Bertz CT molecular complexity index is 735. The minimum absolute atomic E-state index is 0.0674. The summed E-state index contributed by atoms with van der Waals surface area (Å²) in [6, 6.07) is 10.3. The van der Waals surface area contributed by atoms with Crippen molar-refractivity contribution in [2.24, 2.45) is 5.14 Å². The molecule has 0 bridgehead atoms. The highest BCUT2D eigenvalue weighted by molar-refractivity contribution is 7.99. The number of aromatic nitrogens is 2. The molecule has 1 atom stereocenters. The molecule has 1 saturated heterocycles. The molecule has 2 heterocycles. The van der Waals surface area contributed by atoms with Crippen LogP contribution in [0.5, 0.6) is 0 Å². The van der Waals surface area contributed by atoms with E-state index in [1.807, 2.05) is 30.0 Å². The lowest BCUT2D eigenvalue weighted by Crippen LogP contribution is -2.35. The van der Waals surface area contributed by atoms with Gasteiger partial charge in [0.15, 0.2) is 0 Å². The molecule has 0 spiro atoms. The fourth-order valence-corrected chi connectivity index (χ4v) is 3.96. The molecular formula is C14H16N4O2S2. The number of benzene rings is 1. The first-order chi connectivity index (χ1) is 10.5. The first-order valence-corrected chi connectivity index (χ1v) is 9.40. The van der Waals surface area contributed by atoms with E-state index < -0.39 is 10.0 Å². The maximum absolute atomic E-state index is 11.2. The van der Waals surface area contributed by atoms with Crippen LogP contribution in [-0.2, 0) is 10.0 Å². The highest BCUT2D eigenvalue weighted by Crippen LogP contribution is 2.33. The topological polar surface area (TPSA) is 89.2 Å². The van der Waals surface area contributed by atoms with Crippen molar-refractivity contribution in [3.05, 3.63) is 48.3 Å². The van der Waals surface area contributed by atoms with Gasteiger partial charge in [-0.25, -0.2) is 23.5 Å². The summed E-state index contributed by atoms with van der Waals surface area (Å²) in [7, 11) is -3.75. The van der Waals surface area contributed by atoms with Crippen LogP contribution in [0.15, 0.2) is 47.6 Å². The predicted octanol–water partition coefficient (Wildman–Crippen LogP) is 1.42. The Kier molecular flexibility index (Phi) is 4.32. The molecule has 0 amide bonds. The Morgan fingerprint density at radius 2 is 1.86 bits per heavy atom. The second-order valence-electron chi connectivity index (χ2n) is 4.98. The van der Waals surface area contributed by atoms with Crippen molar-refractivity contribution in [1.29, 1.82) is 0 Å². The monoisotopic (exact) mass is 336 g/mol. The fraction of sp³-hybridized carbons (Fsp3) is 0.286. The maximum Gasteiger partial charge on any atom is 0.241 e. The minimum Gasteiger partial charge on any atom is -0.339 e.